The zero-order valence-electron chi connectivity index (χ0n) is 19.5. The predicted molar refractivity (Wildman–Crippen MR) is 143 cm³/mol. The first-order chi connectivity index (χ1) is 17.3. The number of esters is 1. The van der Waals surface area contributed by atoms with Crippen LogP contribution in [-0.2, 0) is 23.0 Å². The number of benzene rings is 3. The lowest BCUT2D eigenvalue weighted by Gasteiger charge is -2.55. The fraction of sp³-hybridized carbons (Fsp3) is 0.276. The average Bonchev–Trinajstić information content (AvgIpc) is 3.18. The van der Waals surface area contributed by atoms with Crippen LogP contribution >= 0.6 is 31.9 Å². The Labute approximate surface area is 226 Å². The van der Waals surface area contributed by atoms with E-state index in [0.29, 0.717) is 17.9 Å². The Hall–Kier alpha value is -2.77. The Morgan fingerprint density at radius 2 is 1.33 bits per heavy atom. The molecule has 1 fully saturated rings. The highest BCUT2D eigenvalue weighted by molar-refractivity contribution is 9.10. The highest BCUT2D eigenvalue weighted by Crippen LogP contribution is 2.70. The molecule has 3 aromatic rings. The van der Waals surface area contributed by atoms with Crippen molar-refractivity contribution in [3.63, 3.8) is 0 Å². The second kappa shape index (κ2) is 8.38. The molecule has 1 heterocycles. The largest absolute Gasteiger partial charge is 0.462 e. The van der Waals surface area contributed by atoms with Gasteiger partial charge in [-0.15, -0.1) is 0 Å². The summed E-state index contributed by atoms with van der Waals surface area (Å²) in [7, 11) is 0. The molecule has 7 heteroatoms. The Morgan fingerprint density at radius 1 is 0.833 bits per heavy atom. The van der Waals surface area contributed by atoms with Gasteiger partial charge < -0.3 is 4.74 Å². The summed E-state index contributed by atoms with van der Waals surface area (Å²) in [6.45, 7) is 2.36. The van der Waals surface area contributed by atoms with Crippen molar-refractivity contribution in [1.82, 2.24) is 0 Å². The average molecular weight is 609 g/mol. The van der Waals surface area contributed by atoms with E-state index < -0.39 is 26.5 Å². The van der Waals surface area contributed by atoms with Gasteiger partial charge in [-0.2, -0.15) is 0 Å². The van der Waals surface area contributed by atoms with Crippen LogP contribution in [0.5, 0.6) is 0 Å². The third-order valence-electron chi connectivity index (χ3n) is 7.66. The lowest BCUT2D eigenvalue weighted by Crippen LogP contribution is -2.56. The number of hydrogen-bond acceptors (Lipinski definition) is 4. The van der Waals surface area contributed by atoms with Crippen molar-refractivity contribution in [2.45, 2.75) is 28.4 Å². The number of hydrogen-bond donors (Lipinski definition) is 0. The highest BCUT2D eigenvalue weighted by atomic mass is 79.9. The summed E-state index contributed by atoms with van der Waals surface area (Å²) in [6.07, 6.45) is 1.69. The van der Waals surface area contributed by atoms with E-state index >= 15 is 0 Å². The lowest BCUT2D eigenvalue weighted by atomic mass is 9.54. The number of carbonyl (C=O) groups excluding carboxylic acids is 3. The highest BCUT2D eigenvalue weighted by Gasteiger charge is 2.72. The summed E-state index contributed by atoms with van der Waals surface area (Å²) in [5.74, 6) is -2.35. The van der Waals surface area contributed by atoms with E-state index in [1.54, 1.807) is 24.3 Å². The van der Waals surface area contributed by atoms with Gasteiger partial charge in [0, 0.05) is 0 Å². The third kappa shape index (κ3) is 2.96. The summed E-state index contributed by atoms with van der Waals surface area (Å²) in [4.78, 5) is 42.1. The summed E-state index contributed by atoms with van der Waals surface area (Å²) >= 11 is 8.02. The zero-order valence-corrected chi connectivity index (χ0v) is 22.7. The van der Waals surface area contributed by atoms with Gasteiger partial charge in [0.1, 0.15) is 0 Å². The van der Waals surface area contributed by atoms with Gasteiger partial charge in [0.15, 0.2) is 0 Å². The van der Waals surface area contributed by atoms with Crippen LogP contribution in [0.2, 0.25) is 0 Å². The number of nitrogens with zero attached hydrogens (tertiary/aromatic N) is 1. The van der Waals surface area contributed by atoms with E-state index in [0.717, 1.165) is 35.1 Å². The number of carbonyl (C=O) groups is 3. The molecule has 2 bridgehead atoms. The molecule has 3 aliphatic carbocycles. The molecule has 0 unspecified atom stereocenters. The molecule has 0 spiro atoms. The topological polar surface area (TPSA) is 63.7 Å². The number of rotatable bonds is 5. The van der Waals surface area contributed by atoms with E-state index in [-0.39, 0.29) is 11.8 Å². The van der Waals surface area contributed by atoms with Gasteiger partial charge in [-0.3, -0.25) is 9.59 Å². The molecule has 1 saturated heterocycles. The Morgan fingerprint density at radius 3 is 1.81 bits per heavy atom. The van der Waals surface area contributed by atoms with Gasteiger partial charge >= 0.3 is 5.97 Å². The Kier molecular flexibility index (Phi) is 5.50. The standard InChI is InChI=1S/C29H23Br2NO4/c1-2-3-15-36-27(35)17-9-8-10-18(16-17)32-25(33)23-24(26(32)34)29(31)20-12-5-4-11-19(20)28(23,30)21-13-6-7-14-22(21)29/h4-14,16,23-24H,2-3,15H2,1H3/t23-,24-,28?,29?/m0/s1. The molecule has 0 aromatic heterocycles. The van der Waals surface area contributed by atoms with E-state index in [9.17, 15) is 14.4 Å². The number of amides is 2. The van der Waals surface area contributed by atoms with Gasteiger partial charge in [0.25, 0.3) is 0 Å². The van der Waals surface area contributed by atoms with Gasteiger partial charge in [-0.25, -0.2) is 9.69 Å². The third-order valence-corrected chi connectivity index (χ3v) is 10.4. The van der Waals surface area contributed by atoms with Crippen molar-refractivity contribution >= 4 is 55.3 Å². The van der Waals surface area contributed by atoms with Crippen LogP contribution in [0.15, 0.2) is 72.8 Å². The van der Waals surface area contributed by atoms with Gasteiger partial charge in [-0.05, 0) is 46.9 Å². The van der Waals surface area contributed by atoms with Crippen LogP contribution in [0.25, 0.3) is 0 Å². The first-order valence-corrected chi connectivity index (χ1v) is 13.7. The number of alkyl halides is 2. The van der Waals surface area contributed by atoms with Crippen molar-refractivity contribution in [1.29, 1.82) is 0 Å². The van der Waals surface area contributed by atoms with Crippen molar-refractivity contribution in [2.75, 3.05) is 11.5 Å². The van der Waals surface area contributed by atoms with Crippen LogP contribution < -0.4 is 4.90 Å². The molecule has 182 valence electrons. The molecule has 2 atom stereocenters. The summed E-state index contributed by atoms with van der Waals surface area (Å²) in [5.41, 5.74) is 4.63. The zero-order chi connectivity index (χ0) is 25.2. The number of unbranched alkanes of at least 4 members (excludes halogenated alkanes) is 1. The van der Waals surface area contributed by atoms with E-state index in [1.165, 1.54) is 4.90 Å². The maximum Gasteiger partial charge on any atom is 0.338 e. The maximum absolute atomic E-state index is 14.1. The fourth-order valence-electron chi connectivity index (χ4n) is 6.09. The molecule has 7 rings (SSSR count). The van der Waals surface area contributed by atoms with Gasteiger partial charge in [0.2, 0.25) is 11.8 Å². The van der Waals surface area contributed by atoms with Crippen LogP contribution in [0.1, 0.15) is 52.4 Å². The summed E-state index contributed by atoms with van der Waals surface area (Å²) in [6, 6.07) is 22.5. The Balaban J connectivity index is 1.47. The van der Waals surface area contributed by atoms with Crippen molar-refractivity contribution in [2.24, 2.45) is 11.8 Å². The summed E-state index contributed by atoms with van der Waals surface area (Å²) in [5, 5.41) is 0. The van der Waals surface area contributed by atoms with Gasteiger partial charge in [-0.1, -0.05) is 99.8 Å². The van der Waals surface area contributed by atoms with Crippen molar-refractivity contribution in [3.05, 3.63) is 101 Å². The Bertz CT molecular complexity index is 1310. The van der Waals surface area contributed by atoms with E-state index in [4.69, 9.17) is 4.74 Å². The first-order valence-electron chi connectivity index (χ1n) is 12.1. The van der Waals surface area contributed by atoms with Crippen LogP contribution in [0, 0.1) is 11.8 Å². The smallest absolute Gasteiger partial charge is 0.338 e. The predicted octanol–water partition coefficient (Wildman–Crippen LogP) is 6.05. The molecule has 1 aliphatic heterocycles. The quantitative estimate of drug-likeness (QED) is 0.153. The molecular formula is C29H23Br2NO4. The van der Waals surface area contributed by atoms with Gasteiger partial charge in [0.05, 0.1) is 38.3 Å². The molecule has 2 amide bonds. The minimum Gasteiger partial charge on any atom is -0.462 e. The second-order valence-electron chi connectivity index (χ2n) is 9.52. The SMILES string of the molecule is CCCCOC(=O)c1cccc(N2C(=O)[C@@H]3[C@@H](C2=O)C2(Br)c4ccccc4C3(Br)c3ccccc32)c1. The number of anilines is 1. The molecule has 3 aromatic carbocycles. The number of imide groups is 1. The van der Waals surface area contributed by atoms with Crippen molar-refractivity contribution < 1.29 is 19.1 Å². The number of ether oxygens (including phenoxy) is 1. The van der Waals surface area contributed by atoms with E-state index in [2.05, 4.69) is 31.9 Å². The molecule has 5 nitrogen and oxygen atoms in total. The monoisotopic (exact) mass is 607 g/mol. The molecule has 4 aliphatic rings. The van der Waals surface area contributed by atoms with E-state index in [1.807, 2.05) is 55.5 Å². The molecule has 0 N–H and O–H groups in total. The molecule has 0 radical (unpaired) electrons. The molecule has 36 heavy (non-hydrogen) atoms. The molecule has 0 saturated carbocycles. The fourth-order valence-corrected chi connectivity index (χ4v) is 8.39. The maximum atomic E-state index is 14.1. The normalized spacial score (nSPS) is 27.5. The summed E-state index contributed by atoms with van der Waals surface area (Å²) < 4.78 is 3.66. The van der Waals surface area contributed by atoms with Crippen LogP contribution in [-0.4, -0.2) is 24.4 Å². The van der Waals surface area contributed by atoms with Crippen LogP contribution in [0.4, 0.5) is 5.69 Å². The van der Waals surface area contributed by atoms with Crippen molar-refractivity contribution in [3.8, 4) is 0 Å². The first kappa shape index (κ1) is 23.6. The van der Waals surface area contributed by atoms with Crippen LogP contribution in [0.3, 0.4) is 0 Å². The lowest BCUT2D eigenvalue weighted by molar-refractivity contribution is -0.122. The minimum absolute atomic E-state index is 0.286. The molecular weight excluding hydrogens is 586 g/mol. The minimum atomic E-state index is -0.849. The number of halogens is 2. The second-order valence-corrected chi connectivity index (χ2v) is 12.0.